The number of hydrogen-bond donors (Lipinski definition) is 1. The van der Waals surface area contributed by atoms with Crippen molar-refractivity contribution < 1.29 is 17.6 Å². The van der Waals surface area contributed by atoms with Crippen molar-refractivity contribution in [1.82, 2.24) is 19.1 Å². The normalized spacial score (nSPS) is 12.7. The van der Waals surface area contributed by atoms with Gasteiger partial charge in [0.15, 0.2) is 11.0 Å². The van der Waals surface area contributed by atoms with E-state index >= 15 is 0 Å². The third-order valence-electron chi connectivity index (χ3n) is 4.48. The van der Waals surface area contributed by atoms with Crippen molar-refractivity contribution in [3.05, 3.63) is 54.3 Å². The van der Waals surface area contributed by atoms with Crippen LogP contribution in [-0.2, 0) is 21.9 Å². The van der Waals surface area contributed by atoms with Crippen molar-refractivity contribution in [2.45, 2.75) is 22.2 Å². The summed E-state index contributed by atoms with van der Waals surface area (Å²) in [6.07, 6.45) is 0. The first-order chi connectivity index (χ1) is 14.6. The number of hydrogen-bond acceptors (Lipinski definition) is 6. The van der Waals surface area contributed by atoms with Gasteiger partial charge in [-0.1, -0.05) is 30.0 Å². The van der Waals surface area contributed by atoms with Crippen molar-refractivity contribution in [3.8, 4) is 11.4 Å². The standard InChI is InChI=1S/C20H22FN5O3S2/c1-13(19(27)22-14-8-7-9-15(12-14)31(28,29)25(2)3)30-20-24-23-18(26(20)4)16-10-5-6-11-17(16)21/h5-13H,1-4H3,(H,22,27). The highest BCUT2D eigenvalue weighted by atomic mass is 32.2. The highest BCUT2D eigenvalue weighted by Gasteiger charge is 2.22. The summed E-state index contributed by atoms with van der Waals surface area (Å²) in [5.74, 6) is -0.387. The Morgan fingerprint density at radius 3 is 2.55 bits per heavy atom. The predicted octanol–water partition coefficient (Wildman–Crippen LogP) is 2.99. The van der Waals surface area contributed by atoms with E-state index in [9.17, 15) is 17.6 Å². The molecular weight excluding hydrogens is 441 g/mol. The number of carbonyl (C=O) groups excluding carboxylic acids is 1. The number of rotatable bonds is 7. The third-order valence-corrected chi connectivity index (χ3v) is 7.43. The molecule has 0 saturated heterocycles. The molecule has 0 radical (unpaired) electrons. The van der Waals surface area contributed by atoms with E-state index in [1.807, 2.05) is 0 Å². The average Bonchev–Trinajstić information content (AvgIpc) is 3.08. The molecule has 1 heterocycles. The largest absolute Gasteiger partial charge is 0.325 e. The van der Waals surface area contributed by atoms with Crippen molar-refractivity contribution in [1.29, 1.82) is 0 Å². The van der Waals surface area contributed by atoms with Crippen LogP contribution in [0.2, 0.25) is 0 Å². The summed E-state index contributed by atoms with van der Waals surface area (Å²) in [7, 11) is 0.967. The summed E-state index contributed by atoms with van der Waals surface area (Å²) in [5.41, 5.74) is 0.686. The second-order valence-electron chi connectivity index (χ2n) is 6.91. The minimum absolute atomic E-state index is 0.0819. The van der Waals surface area contributed by atoms with Gasteiger partial charge in [-0.3, -0.25) is 4.79 Å². The van der Waals surface area contributed by atoms with Crippen LogP contribution in [0.5, 0.6) is 0 Å². The van der Waals surface area contributed by atoms with E-state index in [0.717, 1.165) is 16.1 Å². The second kappa shape index (κ2) is 9.16. The summed E-state index contributed by atoms with van der Waals surface area (Å²) in [6, 6.07) is 12.3. The van der Waals surface area contributed by atoms with Gasteiger partial charge in [0.1, 0.15) is 5.82 Å². The van der Waals surface area contributed by atoms with Crippen LogP contribution in [0.1, 0.15) is 6.92 Å². The first-order valence-electron chi connectivity index (χ1n) is 9.25. The van der Waals surface area contributed by atoms with Gasteiger partial charge in [0.05, 0.1) is 15.7 Å². The molecule has 31 heavy (non-hydrogen) atoms. The molecule has 0 aliphatic rings. The lowest BCUT2D eigenvalue weighted by atomic mass is 10.2. The zero-order valence-electron chi connectivity index (χ0n) is 17.4. The van der Waals surface area contributed by atoms with Crippen LogP contribution in [0, 0.1) is 5.82 Å². The Labute approximate surface area is 184 Å². The molecular formula is C20H22FN5O3S2. The number of benzene rings is 2. The molecule has 1 N–H and O–H groups in total. The average molecular weight is 464 g/mol. The summed E-state index contributed by atoms with van der Waals surface area (Å²) in [5, 5.41) is 10.7. The molecule has 8 nitrogen and oxygen atoms in total. The highest BCUT2D eigenvalue weighted by molar-refractivity contribution is 8.00. The summed E-state index contributed by atoms with van der Waals surface area (Å²) < 4.78 is 41.4. The van der Waals surface area contributed by atoms with E-state index in [0.29, 0.717) is 22.2 Å². The van der Waals surface area contributed by atoms with Crippen molar-refractivity contribution in [2.24, 2.45) is 7.05 Å². The van der Waals surface area contributed by atoms with Gasteiger partial charge >= 0.3 is 0 Å². The summed E-state index contributed by atoms with van der Waals surface area (Å²) in [6.45, 7) is 1.69. The van der Waals surface area contributed by atoms with E-state index in [1.54, 1.807) is 48.9 Å². The Morgan fingerprint density at radius 1 is 1.16 bits per heavy atom. The third kappa shape index (κ3) is 4.94. The summed E-state index contributed by atoms with van der Waals surface area (Å²) >= 11 is 1.16. The van der Waals surface area contributed by atoms with Crippen molar-refractivity contribution in [2.75, 3.05) is 19.4 Å². The van der Waals surface area contributed by atoms with Crippen LogP contribution in [0.15, 0.2) is 58.6 Å². The van der Waals surface area contributed by atoms with E-state index in [2.05, 4.69) is 15.5 Å². The quantitative estimate of drug-likeness (QED) is 0.541. The zero-order valence-corrected chi connectivity index (χ0v) is 19.0. The lowest BCUT2D eigenvalue weighted by molar-refractivity contribution is -0.115. The maximum absolute atomic E-state index is 14.1. The first-order valence-corrected chi connectivity index (χ1v) is 11.6. The molecule has 1 amide bonds. The number of nitrogens with zero attached hydrogens (tertiary/aromatic N) is 4. The Morgan fingerprint density at radius 2 is 1.87 bits per heavy atom. The lowest BCUT2D eigenvalue weighted by Gasteiger charge is -2.14. The molecule has 0 spiro atoms. The molecule has 164 valence electrons. The van der Waals surface area contributed by atoms with Gasteiger partial charge < -0.3 is 9.88 Å². The molecule has 1 atom stereocenters. The number of anilines is 1. The smallest absolute Gasteiger partial charge is 0.242 e. The summed E-state index contributed by atoms with van der Waals surface area (Å²) in [4.78, 5) is 12.7. The van der Waals surface area contributed by atoms with Crippen molar-refractivity contribution >= 4 is 33.4 Å². The highest BCUT2D eigenvalue weighted by Crippen LogP contribution is 2.27. The van der Waals surface area contributed by atoms with Gasteiger partial charge in [0.25, 0.3) is 0 Å². The fraction of sp³-hybridized carbons (Fsp3) is 0.250. The van der Waals surface area contributed by atoms with Gasteiger partial charge in [-0.05, 0) is 37.3 Å². The van der Waals surface area contributed by atoms with Crippen LogP contribution in [0.25, 0.3) is 11.4 Å². The topological polar surface area (TPSA) is 97.2 Å². The number of nitrogens with one attached hydrogen (secondary N) is 1. The van der Waals surface area contributed by atoms with Crippen LogP contribution < -0.4 is 5.32 Å². The minimum Gasteiger partial charge on any atom is -0.325 e. The van der Waals surface area contributed by atoms with E-state index in [1.165, 1.54) is 32.3 Å². The zero-order chi connectivity index (χ0) is 22.8. The fourth-order valence-corrected chi connectivity index (χ4v) is 4.46. The number of thioether (sulfide) groups is 1. The maximum Gasteiger partial charge on any atom is 0.242 e. The van der Waals surface area contributed by atoms with Gasteiger partial charge in [-0.2, -0.15) is 0 Å². The Balaban J connectivity index is 1.73. The van der Waals surface area contributed by atoms with Crippen LogP contribution >= 0.6 is 11.8 Å². The van der Waals surface area contributed by atoms with Gasteiger partial charge in [-0.15, -0.1) is 10.2 Å². The molecule has 0 bridgehead atoms. The molecule has 3 rings (SSSR count). The van der Waals surface area contributed by atoms with E-state index in [4.69, 9.17) is 0 Å². The van der Waals surface area contributed by atoms with Crippen LogP contribution in [-0.4, -0.2) is 52.7 Å². The lowest BCUT2D eigenvalue weighted by Crippen LogP contribution is -2.24. The van der Waals surface area contributed by atoms with E-state index in [-0.39, 0.29) is 10.8 Å². The number of amides is 1. The molecule has 2 aromatic carbocycles. The molecule has 0 aliphatic heterocycles. The molecule has 1 unspecified atom stereocenters. The monoisotopic (exact) mass is 463 g/mol. The minimum atomic E-state index is -3.61. The van der Waals surface area contributed by atoms with Crippen molar-refractivity contribution in [3.63, 3.8) is 0 Å². The Kier molecular flexibility index (Phi) is 6.77. The number of sulfonamides is 1. The number of carbonyl (C=O) groups is 1. The molecule has 0 fully saturated rings. The fourth-order valence-electron chi connectivity index (χ4n) is 2.70. The Bertz CT molecular complexity index is 1210. The van der Waals surface area contributed by atoms with Gasteiger partial charge in [0, 0.05) is 26.8 Å². The molecule has 11 heteroatoms. The van der Waals surface area contributed by atoms with Crippen LogP contribution in [0.3, 0.4) is 0 Å². The second-order valence-corrected chi connectivity index (χ2v) is 10.4. The SMILES string of the molecule is CC(Sc1nnc(-c2ccccc2F)n1C)C(=O)Nc1cccc(S(=O)(=O)N(C)C)c1. The van der Waals surface area contributed by atoms with E-state index < -0.39 is 21.1 Å². The molecule has 0 aliphatic carbocycles. The molecule has 3 aromatic rings. The number of aromatic nitrogens is 3. The van der Waals surface area contributed by atoms with Gasteiger partial charge in [0.2, 0.25) is 15.9 Å². The van der Waals surface area contributed by atoms with Crippen LogP contribution in [0.4, 0.5) is 10.1 Å². The Hall–Kier alpha value is -2.76. The van der Waals surface area contributed by atoms with Gasteiger partial charge in [-0.25, -0.2) is 17.1 Å². The molecule has 0 saturated carbocycles. The molecule has 1 aromatic heterocycles. The number of halogens is 1. The predicted molar refractivity (Wildman–Crippen MR) is 118 cm³/mol. The first kappa shape index (κ1) is 22.9. The maximum atomic E-state index is 14.1.